The predicted molar refractivity (Wildman–Crippen MR) is 102 cm³/mol. The molecule has 1 atom stereocenters. The van der Waals surface area contributed by atoms with E-state index in [9.17, 15) is 4.79 Å². The molecule has 1 rings (SSSR count). The number of benzene rings is 1. The van der Waals surface area contributed by atoms with Crippen LogP contribution in [0.25, 0.3) is 0 Å². The number of nitrogens with zero attached hydrogens (tertiary/aromatic N) is 1. The summed E-state index contributed by atoms with van der Waals surface area (Å²) in [7, 11) is -1.62. The summed E-state index contributed by atoms with van der Waals surface area (Å²) in [6.45, 7) is 18.1. The van der Waals surface area contributed by atoms with Crippen molar-refractivity contribution < 1.29 is 9.53 Å². The Hall–Kier alpha value is -1.55. The number of para-hydroxylation sites is 1. The lowest BCUT2D eigenvalue weighted by molar-refractivity contribution is 0.157. The lowest BCUT2D eigenvalue weighted by atomic mass is 9.97. The molecule has 23 heavy (non-hydrogen) atoms. The summed E-state index contributed by atoms with van der Waals surface area (Å²) in [6.07, 6.45) is 2.53. The highest BCUT2D eigenvalue weighted by atomic mass is 28.3. The Kier molecular flexibility index (Phi) is 7.07. The zero-order valence-electron chi connectivity index (χ0n) is 15.5. The largest absolute Gasteiger partial charge is 0.415 e. The second-order valence-corrected chi connectivity index (χ2v) is 12.0. The Balaban J connectivity index is 3.33. The minimum Gasteiger partial charge on any atom is -0.410 e. The zero-order chi connectivity index (χ0) is 17.6. The first kappa shape index (κ1) is 19.5. The van der Waals surface area contributed by atoms with E-state index in [1.165, 1.54) is 5.19 Å². The van der Waals surface area contributed by atoms with E-state index in [0.717, 1.165) is 17.7 Å². The molecule has 0 bridgehead atoms. The van der Waals surface area contributed by atoms with Crippen molar-refractivity contribution in [2.45, 2.75) is 52.8 Å². The summed E-state index contributed by atoms with van der Waals surface area (Å²) < 4.78 is 5.90. The van der Waals surface area contributed by atoms with E-state index >= 15 is 0 Å². The van der Waals surface area contributed by atoms with Gasteiger partial charge in [-0.05, 0) is 36.9 Å². The first-order valence-corrected chi connectivity index (χ1v) is 12.0. The molecule has 1 amide bonds. The average molecular weight is 334 g/mol. The second-order valence-electron chi connectivity index (χ2n) is 6.94. The Bertz CT molecular complexity index is 545. The molecule has 128 valence electrons. The van der Waals surface area contributed by atoms with Crippen LogP contribution in [0.4, 0.5) is 4.79 Å². The van der Waals surface area contributed by atoms with Crippen LogP contribution < -0.4 is 9.92 Å². The van der Waals surface area contributed by atoms with Gasteiger partial charge in [0.05, 0.1) is 8.07 Å². The van der Waals surface area contributed by atoms with Crippen LogP contribution in [-0.2, 0) is 0 Å². The maximum atomic E-state index is 12.5. The molecule has 4 heteroatoms. The standard InChI is InChI=1S/C19H31NO2Si/c1-8-12-15(4)16-13-11-14-17(23(5,6)7)18(16)22-19(21)20(9-2)10-3/h8,11,13-15H,1,9-10,12H2,2-7H3/t15-/m1/s1. The quantitative estimate of drug-likeness (QED) is 0.532. The van der Waals surface area contributed by atoms with Gasteiger partial charge in [0.15, 0.2) is 0 Å². The second kappa shape index (κ2) is 8.34. The van der Waals surface area contributed by atoms with Gasteiger partial charge in [0.2, 0.25) is 0 Å². The van der Waals surface area contributed by atoms with Crippen LogP contribution in [-0.4, -0.2) is 32.2 Å². The van der Waals surface area contributed by atoms with Crippen molar-refractivity contribution in [2.24, 2.45) is 0 Å². The van der Waals surface area contributed by atoms with Gasteiger partial charge in [-0.2, -0.15) is 0 Å². The molecule has 3 nitrogen and oxygen atoms in total. The summed E-state index contributed by atoms with van der Waals surface area (Å²) in [5.74, 6) is 1.06. The fourth-order valence-electron chi connectivity index (χ4n) is 2.66. The molecule has 0 aromatic heterocycles. The number of allylic oxidation sites excluding steroid dienone is 1. The van der Waals surface area contributed by atoms with Gasteiger partial charge in [0.1, 0.15) is 5.75 Å². The van der Waals surface area contributed by atoms with E-state index in [-0.39, 0.29) is 12.0 Å². The highest BCUT2D eigenvalue weighted by Gasteiger charge is 2.27. The number of rotatable bonds is 7. The van der Waals surface area contributed by atoms with E-state index in [1.807, 2.05) is 19.9 Å². The van der Waals surface area contributed by atoms with Gasteiger partial charge in [-0.25, -0.2) is 4.79 Å². The Labute approximate surface area is 142 Å². The number of ether oxygens (including phenoxy) is 1. The van der Waals surface area contributed by atoms with E-state index in [1.54, 1.807) is 4.90 Å². The molecule has 0 heterocycles. The van der Waals surface area contributed by atoms with Crippen molar-refractivity contribution in [3.8, 4) is 5.75 Å². The smallest absolute Gasteiger partial charge is 0.410 e. The summed E-state index contributed by atoms with van der Waals surface area (Å²) in [4.78, 5) is 14.2. The Morgan fingerprint density at radius 3 is 2.39 bits per heavy atom. The summed E-state index contributed by atoms with van der Waals surface area (Å²) in [5, 5.41) is 1.20. The number of carbonyl (C=O) groups excluding carboxylic acids is 1. The molecule has 1 aromatic carbocycles. The molecule has 0 spiro atoms. The first-order valence-electron chi connectivity index (χ1n) is 8.47. The lowest BCUT2D eigenvalue weighted by Crippen LogP contribution is -2.41. The zero-order valence-corrected chi connectivity index (χ0v) is 16.5. The molecular weight excluding hydrogens is 302 g/mol. The first-order chi connectivity index (χ1) is 10.8. The topological polar surface area (TPSA) is 29.5 Å². The number of hydrogen-bond acceptors (Lipinski definition) is 2. The van der Waals surface area contributed by atoms with Crippen molar-refractivity contribution >= 4 is 19.4 Å². The normalized spacial score (nSPS) is 12.6. The van der Waals surface area contributed by atoms with Crippen molar-refractivity contribution in [3.63, 3.8) is 0 Å². The van der Waals surface area contributed by atoms with Crippen LogP contribution in [0.5, 0.6) is 5.75 Å². The third-order valence-corrected chi connectivity index (χ3v) is 6.13. The highest BCUT2D eigenvalue weighted by Crippen LogP contribution is 2.30. The average Bonchev–Trinajstić information content (AvgIpc) is 2.47. The third kappa shape index (κ3) is 4.96. The van der Waals surface area contributed by atoms with Crippen LogP contribution in [0.3, 0.4) is 0 Å². The lowest BCUT2D eigenvalue weighted by Gasteiger charge is -2.26. The van der Waals surface area contributed by atoms with E-state index < -0.39 is 8.07 Å². The van der Waals surface area contributed by atoms with Crippen LogP contribution in [0, 0.1) is 0 Å². The number of hydrogen-bond donors (Lipinski definition) is 0. The number of amides is 1. The molecule has 0 N–H and O–H groups in total. The third-order valence-electron chi connectivity index (χ3n) is 4.12. The SMILES string of the molecule is C=CC[C@@H](C)c1cccc([Si](C)(C)C)c1OC(=O)N(CC)CC. The number of carbonyl (C=O) groups is 1. The molecule has 0 saturated carbocycles. The molecule has 0 unspecified atom stereocenters. The van der Waals surface area contributed by atoms with Crippen LogP contribution in [0.1, 0.15) is 38.7 Å². The predicted octanol–water partition coefficient (Wildman–Crippen LogP) is 4.75. The van der Waals surface area contributed by atoms with Crippen LogP contribution in [0.2, 0.25) is 19.6 Å². The van der Waals surface area contributed by atoms with Crippen molar-refractivity contribution in [3.05, 3.63) is 36.4 Å². The molecule has 0 fully saturated rings. The van der Waals surface area contributed by atoms with Crippen LogP contribution in [0.15, 0.2) is 30.9 Å². The van der Waals surface area contributed by atoms with Gasteiger partial charge in [-0.15, -0.1) is 6.58 Å². The summed E-state index contributed by atoms with van der Waals surface area (Å²) >= 11 is 0. The molecule has 0 radical (unpaired) electrons. The van der Waals surface area contributed by atoms with Gasteiger partial charge >= 0.3 is 6.09 Å². The van der Waals surface area contributed by atoms with E-state index in [4.69, 9.17) is 4.74 Å². The van der Waals surface area contributed by atoms with Gasteiger partial charge in [-0.1, -0.05) is 50.8 Å². The minimum atomic E-state index is -1.62. The summed E-state index contributed by atoms with van der Waals surface area (Å²) in [6, 6.07) is 6.26. The van der Waals surface area contributed by atoms with Crippen LogP contribution >= 0.6 is 0 Å². The molecule has 0 aliphatic carbocycles. The maximum Gasteiger partial charge on any atom is 0.415 e. The monoisotopic (exact) mass is 333 g/mol. The summed E-state index contributed by atoms with van der Waals surface area (Å²) in [5.41, 5.74) is 1.10. The molecular formula is C19H31NO2Si. The fraction of sp³-hybridized carbons (Fsp3) is 0.526. The van der Waals surface area contributed by atoms with Gasteiger partial charge in [-0.3, -0.25) is 0 Å². The van der Waals surface area contributed by atoms with Gasteiger partial charge < -0.3 is 9.64 Å². The van der Waals surface area contributed by atoms with Gasteiger partial charge in [0.25, 0.3) is 0 Å². The fourth-order valence-corrected chi connectivity index (χ4v) is 4.13. The molecule has 0 saturated heterocycles. The Morgan fingerprint density at radius 2 is 1.91 bits per heavy atom. The van der Waals surface area contributed by atoms with Crippen molar-refractivity contribution in [2.75, 3.05) is 13.1 Å². The maximum absolute atomic E-state index is 12.5. The highest BCUT2D eigenvalue weighted by molar-refractivity contribution is 6.89. The van der Waals surface area contributed by atoms with E-state index in [0.29, 0.717) is 13.1 Å². The molecule has 0 aliphatic heterocycles. The van der Waals surface area contributed by atoms with E-state index in [2.05, 4.69) is 51.3 Å². The van der Waals surface area contributed by atoms with Gasteiger partial charge in [0, 0.05) is 13.1 Å². The Morgan fingerprint density at radius 1 is 1.30 bits per heavy atom. The minimum absolute atomic E-state index is 0.257. The van der Waals surface area contributed by atoms with Crippen molar-refractivity contribution in [1.29, 1.82) is 0 Å². The molecule has 0 aliphatic rings. The molecule has 1 aromatic rings. The van der Waals surface area contributed by atoms with Crippen molar-refractivity contribution in [1.82, 2.24) is 4.90 Å².